The molecule has 0 amide bonds. The van der Waals surface area contributed by atoms with Gasteiger partial charge in [-0.3, -0.25) is 4.79 Å². The third-order valence-electron chi connectivity index (χ3n) is 5.25. The van der Waals surface area contributed by atoms with E-state index >= 15 is 0 Å². The van der Waals surface area contributed by atoms with Gasteiger partial charge < -0.3 is 14.0 Å². The lowest BCUT2D eigenvalue weighted by Gasteiger charge is -2.10. The van der Waals surface area contributed by atoms with E-state index in [9.17, 15) is 14.0 Å². The highest BCUT2D eigenvalue weighted by Crippen LogP contribution is 2.25. The molecule has 0 aliphatic heterocycles. The van der Waals surface area contributed by atoms with Crippen LogP contribution in [0.2, 0.25) is 0 Å². The van der Waals surface area contributed by atoms with Crippen molar-refractivity contribution in [3.63, 3.8) is 0 Å². The van der Waals surface area contributed by atoms with Gasteiger partial charge in [0.2, 0.25) is 0 Å². The molecule has 1 heterocycles. The molecule has 0 unspecified atom stereocenters. The number of esters is 2. The summed E-state index contributed by atoms with van der Waals surface area (Å²) in [5, 5.41) is 0.625. The minimum Gasteiger partial charge on any atom is -0.453 e. The molecule has 0 aliphatic rings. The fraction of sp³-hybridized carbons (Fsp3) is 0.192. The van der Waals surface area contributed by atoms with Crippen LogP contribution in [0.5, 0.6) is 5.75 Å². The molecule has 0 spiro atoms. The number of fused-ring (bicyclic) bond motifs is 1. The van der Waals surface area contributed by atoms with Crippen LogP contribution in [0, 0.1) is 19.7 Å². The number of benzene rings is 3. The van der Waals surface area contributed by atoms with E-state index in [1.807, 2.05) is 48.7 Å². The average molecular weight is 479 g/mol. The van der Waals surface area contributed by atoms with Crippen LogP contribution in [0.4, 0.5) is 4.39 Å². The Morgan fingerprint density at radius 1 is 0.971 bits per heavy atom. The quantitative estimate of drug-likeness (QED) is 0.200. The average Bonchev–Trinajstić information content (AvgIpc) is 3.17. The molecule has 0 bridgehead atoms. The van der Waals surface area contributed by atoms with Gasteiger partial charge in [0, 0.05) is 0 Å². The number of hydrogen-bond acceptors (Lipinski definition) is 6. The van der Waals surface area contributed by atoms with Crippen molar-refractivity contribution in [3.05, 3.63) is 89.2 Å². The van der Waals surface area contributed by atoms with Crippen LogP contribution in [0.15, 0.2) is 71.9 Å². The third kappa shape index (κ3) is 5.82. The molecule has 0 radical (unpaired) electrons. The first-order valence-electron chi connectivity index (χ1n) is 10.6. The Bertz CT molecular complexity index is 1330. The molecule has 3 aromatic carbocycles. The summed E-state index contributed by atoms with van der Waals surface area (Å²) in [4.78, 5) is 28.9. The van der Waals surface area contributed by atoms with Crippen molar-refractivity contribution >= 4 is 34.7 Å². The number of para-hydroxylation sites is 2. The summed E-state index contributed by atoms with van der Waals surface area (Å²) in [6.45, 7) is 3.89. The van der Waals surface area contributed by atoms with E-state index in [0.717, 1.165) is 27.7 Å². The van der Waals surface area contributed by atoms with Crippen LogP contribution >= 0.6 is 11.8 Å². The maximum Gasteiger partial charge on any atom is 0.349 e. The number of imidazole rings is 1. The van der Waals surface area contributed by atoms with Crippen molar-refractivity contribution in [1.82, 2.24) is 9.55 Å². The van der Waals surface area contributed by atoms with Gasteiger partial charge in [-0.25, -0.2) is 14.2 Å². The maximum absolute atomic E-state index is 13.3. The molecule has 174 valence electrons. The van der Waals surface area contributed by atoms with Crippen molar-refractivity contribution in [1.29, 1.82) is 0 Å². The van der Waals surface area contributed by atoms with Crippen molar-refractivity contribution in [2.45, 2.75) is 25.5 Å². The fourth-order valence-corrected chi connectivity index (χ4v) is 4.14. The van der Waals surface area contributed by atoms with Crippen LogP contribution in [0.25, 0.3) is 11.0 Å². The number of carbonyl (C=O) groups excluding carboxylic acids is 2. The molecule has 0 aliphatic carbocycles. The molecule has 6 nitrogen and oxygen atoms in total. The van der Waals surface area contributed by atoms with E-state index < -0.39 is 18.5 Å². The number of halogens is 1. The lowest BCUT2D eigenvalue weighted by atomic mass is 10.1. The molecule has 0 saturated carbocycles. The predicted molar refractivity (Wildman–Crippen MR) is 128 cm³/mol. The number of aromatic nitrogens is 2. The molecule has 34 heavy (non-hydrogen) atoms. The number of aryl methyl sites for hydroxylation is 2. The second kappa shape index (κ2) is 10.5. The van der Waals surface area contributed by atoms with Crippen LogP contribution in [-0.4, -0.2) is 33.8 Å². The zero-order valence-electron chi connectivity index (χ0n) is 18.8. The summed E-state index contributed by atoms with van der Waals surface area (Å²) < 4.78 is 25.6. The topological polar surface area (TPSA) is 70.4 Å². The van der Waals surface area contributed by atoms with Gasteiger partial charge in [0.1, 0.15) is 11.6 Å². The van der Waals surface area contributed by atoms with E-state index in [4.69, 9.17) is 9.47 Å². The number of nitrogens with zero attached hydrogens (tertiary/aromatic N) is 2. The molecule has 4 rings (SSSR count). The minimum atomic E-state index is -0.648. The molecular formula is C26H23FN2O4S. The molecule has 0 N–H and O–H groups in total. The first-order valence-corrected chi connectivity index (χ1v) is 11.6. The van der Waals surface area contributed by atoms with E-state index in [2.05, 4.69) is 4.98 Å². The number of thioether (sulfide) groups is 1. The second-order valence-electron chi connectivity index (χ2n) is 7.77. The minimum absolute atomic E-state index is 0.0241. The van der Waals surface area contributed by atoms with Gasteiger partial charge in [-0.2, -0.15) is 0 Å². The van der Waals surface area contributed by atoms with E-state index in [1.165, 1.54) is 23.9 Å². The summed E-state index contributed by atoms with van der Waals surface area (Å²) >= 11 is 1.21. The van der Waals surface area contributed by atoms with E-state index in [0.29, 0.717) is 17.5 Å². The number of hydrogen-bond donors (Lipinski definition) is 0. The smallest absolute Gasteiger partial charge is 0.349 e. The van der Waals surface area contributed by atoms with Crippen LogP contribution in [-0.2, 0) is 20.9 Å². The van der Waals surface area contributed by atoms with Gasteiger partial charge in [-0.1, -0.05) is 42.1 Å². The zero-order valence-corrected chi connectivity index (χ0v) is 19.6. The Morgan fingerprint density at radius 2 is 1.74 bits per heavy atom. The lowest BCUT2D eigenvalue weighted by Crippen LogP contribution is -2.20. The Hall–Kier alpha value is -3.65. The van der Waals surface area contributed by atoms with Crippen molar-refractivity contribution in [3.8, 4) is 5.75 Å². The monoisotopic (exact) mass is 478 g/mol. The molecule has 8 heteroatoms. The first-order chi connectivity index (χ1) is 16.4. The van der Waals surface area contributed by atoms with Gasteiger partial charge >= 0.3 is 11.9 Å². The van der Waals surface area contributed by atoms with Crippen LogP contribution in [0.3, 0.4) is 0 Å². The summed E-state index contributed by atoms with van der Waals surface area (Å²) in [7, 11) is 0. The number of ether oxygens (including phenoxy) is 2. The second-order valence-corrected chi connectivity index (χ2v) is 8.71. The van der Waals surface area contributed by atoms with Gasteiger partial charge in [0.25, 0.3) is 0 Å². The molecule has 1 aromatic heterocycles. The van der Waals surface area contributed by atoms with Crippen molar-refractivity contribution < 1.29 is 23.5 Å². The zero-order chi connectivity index (χ0) is 24.1. The third-order valence-corrected chi connectivity index (χ3v) is 6.20. The van der Waals surface area contributed by atoms with Gasteiger partial charge in [0.05, 0.1) is 23.3 Å². The van der Waals surface area contributed by atoms with Crippen LogP contribution in [0.1, 0.15) is 16.7 Å². The summed E-state index contributed by atoms with van der Waals surface area (Å²) in [5.41, 5.74) is 4.69. The maximum atomic E-state index is 13.3. The summed E-state index contributed by atoms with van der Waals surface area (Å²) in [5.74, 6) is -1.11. The molecule has 0 saturated heterocycles. The fourth-order valence-electron chi connectivity index (χ4n) is 3.33. The first kappa shape index (κ1) is 23.5. The highest BCUT2D eigenvalue weighted by Gasteiger charge is 2.15. The SMILES string of the molecule is Cc1ccc(OC(=O)COC(=O)CSc2nc3ccccc3n2Cc2ccc(F)cc2)cc1C. The Balaban J connectivity index is 1.36. The Morgan fingerprint density at radius 3 is 2.50 bits per heavy atom. The highest BCUT2D eigenvalue weighted by atomic mass is 32.2. The normalized spacial score (nSPS) is 10.9. The standard InChI is InChI=1S/C26H23FN2O4S/c1-17-7-12-21(13-18(17)2)33-24(30)15-32-25(31)16-34-26-28-22-5-3-4-6-23(22)29(26)14-19-8-10-20(27)11-9-19/h3-13H,14-16H2,1-2H3. The largest absolute Gasteiger partial charge is 0.453 e. The van der Waals surface area contributed by atoms with E-state index in [1.54, 1.807) is 24.3 Å². The molecule has 0 fully saturated rings. The van der Waals surface area contributed by atoms with Gasteiger partial charge in [-0.15, -0.1) is 0 Å². The Kier molecular flexibility index (Phi) is 7.27. The summed E-state index contributed by atoms with van der Waals surface area (Å²) in [6, 6.07) is 19.2. The summed E-state index contributed by atoms with van der Waals surface area (Å²) in [6.07, 6.45) is 0. The van der Waals surface area contributed by atoms with Crippen molar-refractivity contribution in [2.75, 3.05) is 12.4 Å². The predicted octanol–water partition coefficient (Wildman–Crippen LogP) is 5.08. The number of carbonyl (C=O) groups is 2. The molecule has 0 atom stereocenters. The van der Waals surface area contributed by atoms with Crippen LogP contribution < -0.4 is 4.74 Å². The Labute approximate surface area is 200 Å². The lowest BCUT2D eigenvalue weighted by molar-refractivity contribution is -0.151. The van der Waals surface area contributed by atoms with Gasteiger partial charge in [-0.05, 0) is 66.9 Å². The molecule has 4 aromatic rings. The highest BCUT2D eigenvalue weighted by molar-refractivity contribution is 7.99. The van der Waals surface area contributed by atoms with E-state index in [-0.39, 0.29) is 11.6 Å². The number of rotatable bonds is 8. The molecular weight excluding hydrogens is 455 g/mol. The van der Waals surface area contributed by atoms with Crippen molar-refractivity contribution in [2.24, 2.45) is 0 Å². The van der Waals surface area contributed by atoms with Gasteiger partial charge in [0.15, 0.2) is 11.8 Å².